The van der Waals surface area contributed by atoms with Gasteiger partial charge in [0.05, 0.1) is 26.9 Å². The Hall–Kier alpha value is -3.11. The van der Waals surface area contributed by atoms with E-state index in [0.717, 1.165) is 9.13 Å². The van der Waals surface area contributed by atoms with Gasteiger partial charge in [0, 0.05) is 0 Å². The second-order valence-electron chi connectivity index (χ2n) is 8.21. The Kier molecular flexibility index (Phi) is 9.27. The zero-order valence-corrected chi connectivity index (χ0v) is 23.9. The molecule has 0 aliphatic carbocycles. The van der Waals surface area contributed by atoms with Crippen LogP contribution >= 0.6 is 45.8 Å². The Morgan fingerprint density at radius 3 is 2.18 bits per heavy atom. The first kappa shape index (κ1) is 27.9. The number of carbonyl (C=O) groups is 1. The molecule has 0 unspecified atom stereocenters. The molecule has 0 aliphatic rings. The van der Waals surface area contributed by atoms with Gasteiger partial charge in [-0.05, 0) is 69.1 Å². The van der Waals surface area contributed by atoms with Gasteiger partial charge in [0.25, 0.3) is 5.91 Å². The van der Waals surface area contributed by atoms with Gasteiger partial charge in [0.1, 0.15) is 6.61 Å². The van der Waals surface area contributed by atoms with Gasteiger partial charge in [-0.3, -0.25) is 4.79 Å². The summed E-state index contributed by atoms with van der Waals surface area (Å²) in [5.41, 5.74) is 2.94. The van der Waals surface area contributed by atoms with E-state index in [1.54, 1.807) is 73.8 Å². The predicted molar refractivity (Wildman–Crippen MR) is 158 cm³/mol. The Morgan fingerprint density at radius 1 is 0.974 bits per heavy atom. The molecule has 2 N–H and O–H groups in total. The van der Waals surface area contributed by atoms with Gasteiger partial charge in [0.15, 0.2) is 17.1 Å². The highest BCUT2D eigenvalue weighted by Crippen LogP contribution is 2.35. The maximum Gasteiger partial charge on any atom is 0.281 e. The van der Waals surface area contributed by atoms with E-state index < -0.39 is 11.5 Å². The number of hydrogen-bond donors (Lipinski definition) is 2. The van der Waals surface area contributed by atoms with E-state index in [9.17, 15) is 9.90 Å². The summed E-state index contributed by atoms with van der Waals surface area (Å²) in [6.45, 7) is 0.268. The molecule has 0 aliphatic heterocycles. The fourth-order valence-electron chi connectivity index (χ4n) is 3.77. The molecule has 0 spiro atoms. The number of methoxy groups -OCH3 is 1. The van der Waals surface area contributed by atoms with Crippen LogP contribution in [0.15, 0.2) is 96.1 Å². The van der Waals surface area contributed by atoms with Crippen LogP contribution in [0.1, 0.15) is 22.3 Å². The topological polar surface area (TPSA) is 80.2 Å². The first-order valence-corrected chi connectivity index (χ1v) is 13.3. The van der Waals surface area contributed by atoms with Crippen LogP contribution in [0.5, 0.6) is 11.5 Å². The Morgan fingerprint density at radius 2 is 1.61 bits per heavy atom. The molecule has 0 heterocycles. The fourth-order valence-corrected chi connectivity index (χ4v) is 4.87. The second kappa shape index (κ2) is 12.6. The lowest BCUT2D eigenvalue weighted by atomic mass is 9.85. The van der Waals surface area contributed by atoms with Crippen LogP contribution in [-0.4, -0.2) is 24.3 Å². The number of carbonyl (C=O) groups excluding carboxylic acids is 1. The maximum absolute atomic E-state index is 13.2. The summed E-state index contributed by atoms with van der Waals surface area (Å²) < 4.78 is 12.3. The monoisotopic (exact) mass is 660 g/mol. The number of nitrogens with one attached hydrogen (secondary N) is 1. The zero-order chi connectivity index (χ0) is 27.1. The van der Waals surface area contributed by atoms with Crippen LogP contribution in [0.2, 0.25) is 10.0 Å². The van der Waals surface area contributed by atoms with Gasteiger partial charge in [0.2, 0.25) is 0 Å². The van der Waals surface area contributed by atoms with Gasteiger partial charge in [-0.1, -0.05) is 89.9 Å². The van der Waals surface area contributed by atoms with E-state index in [-0.39, 0.29) is 6.61 Å². The molecule has 0 radical (unpaired) electrons. The lowest BCUT2D eigenvalue weighted by Crippen LogP contribution is -2.43. The van der Waals surface area contributed by atoms with E-state index in [4.69, 9.17) is 32.7 Å². The van der Waals surface area contributed by atoms with Crippen LogP contribution < -0.4 is 14.9 Å². The zero-order valence-electron chi connectivity index (χ0n) is 20.2. The van der Waals surface area contributed by atoms with E-state index in [1.807, 2.05) is 24.3 Å². The molecule has 6 nitrogen and oxygen atoms in total. The number of amides is 1. The highest BCUT2D eigenvalue weighted by atomic mass is 127. The molecule has 4 rings (SSSR count). The van der Waals surface area contributed by atoms with Crippen molar-refractivity contribution in [2.45, 2.75) is 12.2 Å². The van der Waals surface area contributed by atoms with Crippen molar-refractivity contribution < 1.29 is 19.4 Å². The molecule has 0 atom stereocenters. The van der Waals surface area contributed by atoms with Crippen molar-refractivity contribution in [3.05, 3.63) is 127 Å². The Bertz CT molecular complexity index is 1410. The van der Waals surface area contributed by atoms with Crippen molar-refractivity contribution in [3.8, 4) is 11.5 Å². The minimum absolute atomic E-state index is 0.268. The average Bonchev–Trinajstić information content (AvgIpc) is 2.94. The molecule has 0 fully saturated rings. The number of nitrogens with zero attached hydrogens (tertiary/aromatic N) is 1. The van der Waals surface area contributed by atoms with Crippen LogP contribution in [0.25, 0.3) is 0 Å². The summed E-state index contributed by atoms with van der Waals surface area (Å²) in [6.07, 6.45) is 1.47. The number of halogens is 3. The first-order valence-electron chi connectivity index (χ1n) is 11.4. The quantitative estimate of drug-likeness (QED) is 0.121. The van der Waals surface area contributed by atoms with Crippen LogP contribution in [0.4, 0.5) is 0 Å². The summed E-state index contributed by atoms with van der Waals surface area (Å²) in [4.78, 5) is 13.2. The normalized spacial score (nSPS) is 11.4. The van der Waals surface area contributed by atoms with Crippen LogP contribution in [0, 0.1) is 3.57 Å². The van der Waals surface area contributed by atoms with Gasteiger partial charge < -0.3 is 14.6 Å². The summed E-state index contributed by atoms with van der Waals surface area (Å²) in [6, 6.07) is 26.3. The van der Waals surface area contributed by atoms with E-state index >= 15 is 0 Å². The highest BCUT2D eigenvalue weighted by Gasteiger charge is 2.39. The number of hydrazone groups is 1. The molecule has 0 aromatic heterocycles. The van der Waals surface area contributed by atoms with E-state index in [2.05, 4.69) is 33.1 Å². The number of ether oxygens (including phenoxy) is 2. The van der Waals surface area contributed by atoms with Crippen molar-refractivity contribution >= 4 is 57.9 Å². The summed E-state index contributed by atoms with van der Waals surface area (Å²) >= 11 is 14.2. The number of benzene rings is 4. The smallest absolute Gasteiger partial charge is 0.281 e. The molecular formula is C29H23Cl2IN2O4. The summed E-state index contributed by atoms with van der Waals surface area (Å²) in [7, 11) is 1.54. The Labute approximate surface area is 244 Å². The predicted octanol–water partition coefficient (Wildman–Crippen LogP) is 6.57. The maximum atomic E-state index is 13.2. The Balaban J connectivity index is 1.52. The molecule has 0 saturated carbocycles. The first-order chi connectivity index (χ1) is 18.3. The summed E-state index contributed by atoms with van der Waals surface area (Å²) in [5, 5.41) is 16.6. The largest absolute Gasteiger partial charge is 0.493 e. The highest BCUT2D eigenvalue weighted by molar-refractivity contribution is 14.1. The second-order valence-corrected chi connectivity index (χ2v) is 10.2. The van der Waals surface area contributed by atoms with Gasteiger partial charge >= 0.3 is 0 Å². The van der Waals surface area contributed by atoms with E-state index in [0.29, 0.717) is 38.2 Å². The number of hydrogen-bond acceptors (Lipinski definition) is 5. The molecule has 9 heteroatoms. The van der Waals surface area contributed by atoms with Gasteiger partial charge in [-0.2, -0.15) is 5.10 Å². The molecular weight excluding hydrogens is 638 g/mol. The molecule has 0 bridgehead atoms. The molecule has 1 amide bonds. The number of aliphatic hydroxyl groups is 1. The molecule has 4 aromatic rings. The van der Waals surface area contributed by atoms with Gasteiger partial charge in [-0.25, -0.2) is 5.43 Å². The third-order valence-corrected chi connectivity index (χ3v) is 7.25. The third-order valence-electron chi connectivity index (χ3n) is 5.71. The lowest BCUT2D eigenvalue weighted by Gasteiger charge is -2.27. The standard InChI is InChI=1S/C29H23Cl2IN2O4/c1-37-26-16-20(15-25(32)27(26)38-18-19-12-13-23(30)24(31)14-19)17-33-34-28(35)29(36,21-8-4-2-5-9-21)22-10-6-3-7-11-22/h2-17,36H,18H2,1H3,(H,34,35)/b33-17-. The van der Waals surface area contributed by atoms with Crippen molar-refractivity contribution in [1.29, 1.82) is 0 Å². The number of rotatable bonds is 9. The van der Waals surface area contributed by atoms with E-state index in [1.165, 1.54) is 6.21 Å². The summed E-state index contributed by atoms with van der Waals surface area (Å²) in [5.74, 6) is 0.368. The van der Waals surface area contributed by atoms with Crippen LogP contribution in [0.3, 0.4) is 0 Å². The molecule has 4 aromatic carbocycles. The van der Waals surface area contributed by atoms with Crippen molar-refractivity contribution in [3.63, 3.8) is 0 Å². The SMILES string of the molecule is COc1cc(/C=N\NC(=O)C(O)(c2ccccc2)c2ccccc2)cc(I)c1OCc1ccc(Cl)c(Cl)c1. The van der Waals surface area contributed by atoms with Gasteiger partial charge in [-0.15, -0.1) is 0 Å². The van der Waals surface area contributed by atoms with Crippen molar-refractivity contribution in [2.75, 3.05) is 7.11 Å². The van der Waals surface area contributed by atoms with Crippen molar-refractivity contribution in [1.82, 2.24) is 5.43 Å². The minimum atomic E-state index is -1.92. The average molecular weight is 661 g/mol. The minimum Gasteiger partial charge on any atom is -0.493 e. The van der Waals surface area contributed by atoms with Crippen LogP contribution in [-0.2, 0) is 17.0 Å². The van der Waals surface area contributed by atoms with Crippen molar-refractivity contribution in [2.24, 2.45) is 5.10 Å². The molecule has 38 heavy (non-hydrogen) atoms. The molecule has 194 valence electrons. The third kappa shape index (κ3) is 6.30. The lowest BCUT2D eigenvalue weighted by molar-refractivity contribution is -0.136. The fraction of sp³-hybridized carbons (Fsp3) is 0.103. The molecule has 0 saturated heterocycles.